The highest BCUT2D eigenvalue weighted by Crippen LogP contribution is 2.25. The van der Waals surface area contributed by atoms with E-state index < -0.39 is 0 Å². The first-order valence-corrected chi connectivity index (χ1v) is 7.03. The van der Waals surface area contributed by atoms with Crippen LogP contribution in [0, 0.1) is 0 Å². The second kappa shape index (κ2) is 5.37. The van der Waals surface area contributed by atoms with Crippen LogP contribution in [-0.2, 0) is 6.54 Å². The van der Waals surface area contributed by atoms with Gasteiger partial charge in [0.2, 0.25) is 5.28 Å². The Bertz CT molecular complexity index is 799. The fourth-order valence-electron chi connectivity index (χ4n) is 1.84. The number of aromatic nitrogens is 4. The van der Waals surface area contributed by atoms with Gasteiger partial charge in [0.05, 0.1) is 22.9 Å². The molecule has 1 aromatic carbocycles. The van der Waals surface area contributed by atoms with Crippen molar-refractivity contribution in [1.29, 1.82) is 0 Å². The van der Waals surface area contributed by atoms with Gasteiger partial charge < -0.3 is 4.57 Å². The standard InChI is InChI=1S/C12H6Cl4N4/c13-7-2-1-6(3-8(7)14)4-20-5-17-9-10(15)18-12(16)19-11(9)20/h1-3,5H,4H2. The minimum absolute atomic E-state index is 0.0818. The molecule has 0 bridgehead atoms. The van der Waals surface area contributed by atoms with Gasteiger partial charge in [-0.05, 0) is 29.3 Å². The number of nitrogens with zero attached hydrogens (tertiary/aromatic N) is 4. The first-order chi connectivity index (χ1) is 9.54. The molecule has 4 nitrogen and oxygen atoms in total. The van der Waals surface area contributed by atoms with E-state index in [1.165, 1.54) is 0 Å². The lowest BCUT2D eigenvalue weighted by Gasteiger charge is -2.05. The van der Waals surface area contributed by atoms with Crippen molar-refractivity contribution in [2.24, 2.45) is 0 Å². The molecule has 0 saturated carbocycles. The molecule has 0 radical (unpaired) electrons. The van der Waals surface area contributed by atoms with Crippen LogP contribution < -0.4 is 0 Å². The molecule has 2 aromatic heterocycles. The summed E-state index contributed by atoms with van der Waals surface area (Å²) in [6.45, 7) is 0.525. The summed E-state index contributed by atoms with van der Waals surface area (Å²) in [5.41, 5.74) is 2.04. The maximum Gasteiger partial charge on any atom is 0.225 e. The number of imidazole rings is 1. The Hall–Kier alpha value is -1.07. The Labute approximate surface area is 134 Å². The van der Waals surface area contributed by atoms with E-state index in [1.54, 1.807) is 18.5 Å². The van der Waals surface area contributed by atoms with Crippen LogP contribution in [0.1, 0.15) is 5.56 Å². The van der Waals surface area contributed by atoms with Gasteiger partial charge in [-0.25, -0.2) is 9.97 Å². The Balaban J connectivity index is 2.04. The SMILES string of the molecule is Clc1nc(Cl)c2ncn(Cc3ccc(Cl)c(Cl)c3)c2n1. The summed E-state index contributed by atoms with van der Waals surface area (Å²) >= 11 is 23.7. The number of halogens is 4. The second-order valence-corrected chi connectivity index (χ2v) is 5.59. The summed E-state index contributed by atoms with van der Waals surface area (Å²) in [6.07, 6.45) is 1.63. The van der Waals surface area contributed by atoms with E-state index in [0.29, 0.717) is 27.8 Å². The summed E-state index contributed by atoms with van der Waals surface area (Å²) in [7, 11) is 0. The monoisotopic (exact) mass is 346 g/mol. The molecule has 0 saturated heterocycles. The van der Waals surface area contributed by atoms with Gasteiger partial charge in [-0.1, -0.05) is 40.9 Å². The van der Waals surface area contributed by atoms with Gasteiger partial charge in [-0.15, -0.1) is 0 Å². The molecule has 2 heterocycles. The zero-order chi connectivity index (χ0) is 14.3. The molecular formula is C12H6Cl4N4. The molecule has 0 aliphatic carbocycles. The van der Waals surface area contributed by atoms with Crippen molar-refractivity contribution < 1.29 is 0 Å². The first-order valence-electron chi connectivity index (χ1n) is 5.52. The molecule has 0 aliphatic heterocycles. The van der Waals surface area contributed by atoms with Gasteiger partial charge >= 0.3 is 0 Å². The molecule has 0 N–H and O–H groups in total. The van der Waals surface area contributed by atoms with Crippen molar-refractivity contribution in [3.63, 3.8) is 0 Å². The lowest BCUT2D eigenvalue weighted by molar-refractivity contribution is 0.813. The molecule has 0 unspecified atom stereocenters. The van der Waals surface area contributed by atoms with E-state index in [2.05, 4.69) is 15.0 Å². The third-order valence-corrected chi connectivity index (χ3v) is 3.90. The van der Waals surface area contributed by atoms with Crippen LogP contribution >= 0.6 is 46.4 Å². The Kier molecular flexibility index (Phi) is 3.73. The molecule has 0 amide bonds. The normalized spacial score (nSPS) is 11.2. The largest absolute Gasteiger partial charge is 0.311 e. The van der Waals surface area contributed by atoms with Crippen LogP contribution in [0.4, 0.5) is 0 Å². The molecule has 0 aliphatic rings. The molecule has 3 aromatic rings. The van der Waals surface area contributed by atoms with Crippen molar-refractivity contribution in [3.8, 4) is 0 Å². The third-order valence-electron chi connectivity index (χ3n) is 2.73. The summed E-state index contributed by atoms with van der Waals surface area (Å²) in [4.78, 5) is 12.2. The van der Waals surface area contributed by atoms with E-state index in [0.717, 1.165) is 5.56 Å². The summed E-state index contributed by atoms with van der Waals surface area (Å²) < 4.78 is 1.81. The van der Waals surface area contributed by atoms with Crippen molar-refractivity contribution in [1.82, 2.24) is 19.5 Å². The fraction of sp³-hybridized carbons (Fsp3) is 0.0833. The molecule has 0 spiro atoms. The van der Waals surface area contributed by atoms with E-state index in [9.17, 15) is 0 Å². The number of fused-ring (bicyclic) bond motifs is 1. The molecule has 102 valence electrons. The van der Waals surface area contributed by atoms with Crippen LogP contribution in [0.5, 0.6) is 0 Å². The Morgan fingerprint density at radius 3 is 2.55 bits per heavy atom. The van der Waals surface area contributed by atoms with E-state index in [1.807, 2.05) is 10.6 Å². The van der Waals surface area contributed by atoms with Crippen LogP contribution in [-0.4, -0.2) is 19.5 Å². The van der Waals surface area contributed by atoms with E-state index >= 15 is 0 Å². The van der Waals surface area contributed by atoms with Crippen molar-refractivity contribution in [2.45, 2.75) is 6.54 Å². The zero-order valence-electron chi connectivity index (χ0n) is 9.82. The minimum Gasteiger partial charge on any atom is -0.311 e. The predicted octanol–water partition coefficient (Wildman–Crippen LogP) is 4.49. The summed E-state index contributed by atoms with van der Waals surface area (Å²) in [5.74, 6) is 0. The van der Waals surface area contributed by atoms with Crippen molar-refractivity contribution in [2.75, 3.05) is 0 Å². The first kappa shape index (κ1) is 13.9. The van der Waals surface area contributed by atoms with Gasteiger partial charge in [0.1, 0.15) is 5.52 Å². The average Bonchev–Trinajstić information content (AvgIpc) is 2.77. The third kappa shape index (κ3) is 2.56. The highest BCUT2D eigenvalue weighted by Gasteiger charge is 2.11. The predicted molar refractivity (Wildman–Crippen MR) is 80.9 cm³/mol. The molecular weight excluding hydrogens is 342 g/mol. The average molecular weight is 348 g/mol. The Morgan fingerprint density at radius 2 is 1.80 bits per heavy atom. The summed E-state index contributed by atoms with van der Waals surface area (Å²) in [5, 5.41) is 1.32. The Morgan fingerprint density at radius 1 is 1.00 bits per heavy atom. The van der Waals surface area contributed by atoms with Gasteiger partial charge in [-0.3, -0.25) is 0 Å². The van der Waals surface area contributed by atoms with Crippen molar-refractivity contribution in [3.05, 3.63) is 50.6 Å². The van der Waals surface area contributed by atoms with Crippen molar-refractivity contribution >= 4 is 57.6 Å². The highest BCUT2D eigenvalue weighted by atomic mass is 35.5. The summed E-state index contributed by atoms with van der Waals surface area (Å²) in [6, 6.07) is 5.41. The highest BCUT2D eigenvalue weighted by molar-refractivity contribution is 6.42. The number of benzene rings is 1. The number of hydrogen-bond donors (Lipinski definition) is 0. The lowest BCUT2D eigenvalue weighted by Crippen LogP contribution is -2.00. The van der Waals surface area contributed by atoms with Crippen LogP contribution in [0.15, 0.2) is 24.5 Å². The van der Waals surface area contributed by atoms with Gasteiger partial charge in [0, 0.05) is 0 Å². The quantitative estimate of drug-likeness (QED) is 0.506. The number of hydrogen-bond acceptors (Lipinski definition) is 3. The molecule has 20 heavy (non-hydrogen) atoms. The smallest absolute Gasteiger partial charge is 0.225 e. The van der Waals surface area contributed by atoms with Gasteiger partial charge in [0.25, 0.3) is 0 Å². The van der Waals surface area contributed by atoms with E-state index in [4.69, 9.17) is 46.4 Å². The maximum absolute atomic E-state index is 6.00. The van der Waals surface area contributed by atoms with E-state index in [-0.39, 0.29) is 10.4 Å². The molecule has 8 heteroatoms. The second-order valence-electron chi connectivity index (χ2n) is 4.08. The van der Waals surface area contributed by atoms with Gasteiger partial charge in [-0.2, -0.15) is 4.98 Å². The number of rotatable bonds is 2. The fourth-order valence-corrected chi connectivity index (χ4v) is 2.58. The maximum atomic E-state index is 6.00. The van der Waals surface area contributed by atoms with Gasteiger partial charge in [0.15, 0.2) is 10.8 Å². The zero-order valence-corrected chi connectivity index (χ0v) is 12.8. The van der Waals surface area contributed by atoms with Crippen LogP contribution in [0.2, 0.25) is 20.5 Å². The molecule has 0 atom stereocenters. The molecule has 3 rings (SSSR count). The topological polar surface area (TPSA) is 43.6 Å². The van der Waals surface area contributed by atoms with Crippen LogP contribution in [0.3, 0.4) is 0 Å². The molecule has 0 fully saturated rings. The minimum atomic E-state index is 0.0818. The van der Waals surface area contributed by atoms with Crippen LogP contribution in [0.25, 0.3) is 11.2 Å². The lowest BCUT2D eigenvalue weighted by atomic mass is 10.2.